The number of sulfonamides is 1. The van der Waals surface area contributed by atoms with E-state index < -0.39 is 10.0 Å². The van der Waals surface area contributed by atoms with Crippen molar-refractivity contribution in [2.45, 2.75) is 44.7 Å². The molecule has 2 aromatic rings. The van der Waals surface area contributed by atoms with Gasteiger partial charge in [-0.05, 0) is 44.4 Å². The lowest BCUT2D eigenvalue weighted by atomic mass is 10.0. The van der Waals surface area contributed by atoms with E-state index in [0.717, 1.165) is 34.5 Å². The molecule has 0 amide bonds. The monoisotopic (exact) mass is 363 g/mol. The third kappa shape index (κ3) is 2.99. The number of benzene rings is 2. The van der Waals surface area contributed by atoms with Crippen LogP contribution in [0.25, 0.3) is 0 Å². The highest BCUT2D eigenvalue weighted by Crippen LogP contribution is 2.45. The average Bonchev–Trinajstić information content (AvgIpc) is 2.89. The SMILES string of the molecule is Cc1cc(C)c(S(=O)(=O)N2SOC(C)C2c2ccccc2)c(C)c1. The predicted octanol–water partition coefficient (Wildman–Crippen LogP) is 4.33. The highest BCUT2D eigenvalue weighted by atomic mass is 32.3. The van der Waals surface area contributed by atoms with Crippen LogP contribution in [0.3, 0.4) is 0 Å². The first-order valence-electron chi connectivity index (χ1n) is 7.83. The van der Waals surface area contributed by atoms with Crippen molar-refractivity contribution >= 4 is 22.3 Å². The number of rotatable bonds is 3. The largest absolute Gasteiger partial charge is 0.295 e. The summed E-state index contributed by atoms with van der Waals surface area (Å²) in [7, 11) is -3.68. The Morgan fingerprint density at radius 1 is 1.04 bits per heavy atom. The summed E-state index contributed by atoms with van der Waals surface area (Å²) in [5.74, 6) is 0. The second-order valence-corrected chi connectivity index (χ2v) is 8.94. The Balaban J connectivity index is 2.10. The fourth-order valence-corrected chi connectivity index (χ4v) is 6.34. The number of hydrogen-bond acceptors (Lipinski definition) is 4. The molecule has 2 aromatic carbocycles. The lowest BCUT2D eigenvalue weighted by Crippen LogP contribution is -2.30. The van der Waals surface area contributed by atoms with Gasteiger partial charge in [0.05, 0.1) is 29.3 Å². The van der Waals surface area contributed by atoms with Crippen LogP contribution >= 0.6 is 12.2 Å². The molecule has 2 unspecified atom stereocenters. The quantitative estimate of drug-likeness (QED) is 0.602. The minimum atomic E-state index is -3.68. The van der Waals surface area contributed by atoms with Gasteiger partial charge in [0.2, 0.25) is 0 Å². The average molecular weight is 364 g/mol. The van der Waals surface area contributed by atoms with Crippen molar-refractivity contribution in [3.05, 3.63) is 64.7 Å². The van der Waals surface area contributed by atoms with E-state index in [9.17, 15) is 8.42 Å². The van der Waals surface area contributed by atoms with Crippen molar-refractivity contribution in [3.63, 3.8) is 0 Å². The molecule has 0 saturated carbocycles. The summed E-state index contributed by atoms with van der Waals surface area (Å²) < 4.78 is 33.7. The summed E-state index contributed by atoms with van der Waals surface area (Å²) in [6, 6.07) is 13.1. The fourth-order valence-electron chi connectivity index (χ4n) is 3.28. The number of aryl methyl sites for hydroxylation is 3. The maximum absolute atomic E-state index is 13.3. The van der Waals surface area contributed by atoms with E-state index in [1.165, 1.54) is 3.71 Å². The van der Waals surface area contributed by atoms with E-state index in [1.54, 1.807) is 0 Å². The van der Waals surface area contributed by atoms with Gasteiger partial charge in [-0.1, -0.05) is 48.0 Å². The van der Waals surface area contributed by atoms with Gasteiger partial charge in [-0.2, -0.15) is 0 Å². The van der Waals surface area contributed by atoms with Gasteiger partial charge < -0.3 is 0 Å². The standard InChI is InChI=1S/C18H21NO3S2/c1-12-10-13(2)18(14(3)11-12)24(20,21)19-17(15(4)22-23-19)16-8-6-5-7-9-16/h5-11,15,17H,1-4H3. The fraction of sp³-hybridized carbons (Fsp3) is 0.333. The first kappa shape index (κ1) is 17.5. The Morgan fingerprint density at radius 3 is 2.21 bits per heavy atom. The van der Waals surface area contributed by atoms with E-state index in [1.807, 2.05) is 70.2 Å². The molecule has 0 bridgehead atoms. The van der Waals surface area contributed by atoms with Crippen molar-refractivity contribution < 1.29 is 12.6 Å². The zero-order valence-electron chi connectivity index (χ0n) is 14.2. The molecule has 1 aliphatic heterocycles. The summed E-state index contributed by atoms with van der Waals surface area (Å²) >= 11 is 0.922. The van der Waals surface area contributed by atoms with Crippen LogP contribution in [0.1, 0.15) is 35.2 Å². The molecule has 1 aliphatic rings. The minimum Gasteiger partial charge on any atom is -0.295 e. The van der Waals surface area contributed by atoms with E-state index in [-0.39, 0.29) is 12.1 Å². The van der Waals surface area contributed by atoms with Crippen LogP contribution < -0.4 is 0 Å². The van der Waals surface area contributed by atoms with Crippen LogP contribution in [0.5, 0.6) is 0 Å². The highest BCUT2D eigenvalue weighted by Gasteiger charge is 2.44. The predicted molar refractivity (Wildman–Crippen MR) is 97.0 cm³/mol. The Kier molecular flexibility index (Phi) is 4.75. The third-order valence-corrected chi connectivity index (χ3v) is 7.58. The molecule has 0 aliphatic carbocycles. The number of nitrogens with zero attached hydrogens (tertiary/aromatic N) is 1. The van der Waals surface area contributed by atoms with Gasteiger partial charge in [-0.15, -0.1) is 3.71 Å². The maximum Gasteiger partial charge on any atom is 0.255 e. The molecule has 4 nitrogen and oxygen atoms in total. The van der Waals surface area contributed by atoms with Gasteiger partial charge in [0, 0.05) is 0 Å². The second-order valence-electron chi connectivity index (χ2n) is 6.22. The van der Waals surface area contributed by atoms with Crippen molar-refractivity contribution in [2.75, 3.05) is 0 Å². The first-order chi connectivity index (χ1) is 11.3. The molecule has 6 heteroatoms. The Hall–Kier alpha value is -1.34. The summed E-state index contributed by atoms with van der Waals surface area (Å²) in [6.07, 6.45) is -0.224. The first-order valence-corrected chi connectivity index (χ1v) is 9.97. The highest BCUT2D eigenvalue weighted by molar-refractivity contribution is 8.06. The van der Waals surface area contributed by atoms with Gasteiger partial charge in [-0.25, -0.2) is 8.42 Å². The van der Waals surface area contributed by atoms with Crippen LogP contribution in [-0.4, -0.2) is 18.2 Å². The number of hydrogen-bond donors (Lipinski definition) is 0. The van der Waals surface area contributed by atoms with Crippen LogP contribution in [0.2, 0.25) is 0 Å². The molecule has 0 N–H and O–H groups in total. The molecular formula is C18H21NO3S2. The molecule has 1 fully saturated rings. The molecule has 2 atom stereocenters. The van der Waals surface area contributed by atoms with Crippen molar-refractivity contribution in [2.24, 2.45) is 0 Å². The molecule has 128 valence electrons. The minimum absolute atomic E-state index is 0.224. The molecule has 1 heterocycles. The van der Waals surface area contributed by atoms with Crippen molar-refractivity contribution in [1.82, 2.24) is 3.71 Å². The smallest absolute Gasteiger partial charge is 0.255 e. The molecule has 0 aromatic heterocycles. The van der Waals surface area contributed by atoms with Crippen LogP contribution in [-0.2, 0) is 14.2 Å². The van der Waals surface area contributed by atoms with E-state index >= 15 is 0 Å². The Morgan fingerprint density at radius 2 is 1.62 bits per heavy atom. The second kappa shape index (κ2) is 6.52. The summed E-state index contributed by atoms with van der Waals surface area (Å²) in [5.41, 5.74) is 3.52. The topological polar surface area (TPSA) is 46.6 Å². The summed E-state index contributed by atoms with van der Waals surface area (Å²) in [6.45, 7) is 7.55. The molecular weight excluding hydrogens is 342 g/mol. The maximum atomic E-state index is 13.3. The lowest BCUT2D eigenvalue weighted by molar-refractivity contribution is 0.241. The molecule has 24 heavy (non-hydrogen) atoms. The van der Waals surface area contributed by atoms with E-state index in [2.05, 4.69) is 0 Å². The van der Waals surface area contributed by atoms with Crippen molar-refractivity contribution in [3.8, 4) is 0 Å². The van der Waals surface area contributed by atoms with E-state index in [0.29, 0.717) is 4.90 Å². The van der Waals surface area contributed by atoms with E-state index in [4.69, 9.17) is 4.18 Å². The molecule has 3 rings (SSSR count). The zero-order chi connectivity index (χ0) is 17.5. The van der Waals surface area contributed by atoms with Gasteiger partial charge >= 0.3 is 0 Å². The summed E-state index contributed by atoms with van der Waals surface area (Å²) in [4.78, 5) is 0.374. The molecule has 1 saturated heterocycles. The Bertz CT molecular complexity index is 827. The lowest BCUT2D eigenvalue weighted by Gasteiger charge is -2.24. The zero-order valence-corrected chi connectivity index (χ0v) is 15.8. The third-order valence-electron chi connectivity index (χ3n) is 4.18. The van der Waals surface area contributed by atoms with Crippen LogP contribution in [0.4, 0.5) is 0 Å². The van der Waals surface area contributed by atoms with Gasteiger partial charge in [0.1, 0.15) is 0 Å². The normalized spacial score (nSPS) is 22.0. The Labute approximate surface area is 148 Å². The van der Waals surface area contributed by atoms with Crippen molar-refractivity contribution in [1.29, 1.82) is 0 Å². The molecule has 0 radical (unpaired) electrons. The summed E-state index contributed by atoms with van der Waals surface area (Å²) in [5, 5.41) is 0. The van der Waals surface area contributed by atoms with Gasteiger partial charge in [0.15, 0.2) is 0 Å². The van der Waals surface area contributed by atoms with Gasteiger partial charge in [0.25, 0.3) is 10.0 Å². The van der Waals surface area contributed by atoms with Gasteiger partial charge in [-0.3, -0.25) is 4.18 Å². The van der Waals surface area contributed by atoms with Crippen LogP contribution in [0, 0.1) is 20.8 Å². The molecule has 0 spiro atoms. The van der Waals surface area contributed by atoms with Crippen LogP contribution in [0.15, 0.2) is 47.4 Å².